The maximum Gasteiger partial charge on any atom is 0.318 e. The Bertz CT molecular complexity index is 1020. The van der Waals surface area contributed by atoms with Crippen molar-refractivity contribution in [3.05, 3.63) is 63.7 Å². The van der Waals surface area contributed by atoms with Crippen LogP contribution in [0.4, 0.5) is 4.79 Å². The molecule has 0 saturated carbocycles. The van der Waals surface area contributed by atoms with E-state index in [1.54, 1.807) is 24.3 Å². The van der Waals surface area contributed by atoms with E-state index in [2.05, 4.69) is 15.4 Å². The van der Waals surface area contributed by atoms with Crippen molar-refractivity contribution in [1.82, 2.24) is 24.8 Å². The van der Waals surface area contributed by atoms with Crippen molar-refractivity contribution in [3.8, 4) is 5.75 Å². The molecular formula is C18H19N5O3. The fourth-order valence-corrected chi connectivity index (χ4v) is 3.17. The highest BCUT2D eigenvalue weighted by atomic mass is 16.5. The fourth-order valence-electron chi connectivity index (χ4n) is 3.17. The quantitative estimate of drug-likeness (QED) is 0.742. The smallest absolute Gasteiger partial charge is 0.318 e. The molecule has 1 aliphatic heterocycles. The van der Waals surface area contributed by atoms with Gasteiger partial charge in [-0.15, -0.1) is 0 Å². The second-order valence-corrected chi connectivity index (χ2v) is 6.18. The molecule has 0 unspecified atom stereocenters. The Morgan fingerprint density at radius 1 is 1.38 bits per heavy atom. The number of urea groups is 1. The molecule has 2 aromatic heterocycles. The summed E-state index contributed by atoms with van der Waals surface area (Å²) in [6.45, 7) is 1.23. The van der Waals surface area contributed by atoms with E-state index in [0.717, 1.165) is 11.3 Å². The van der Waals surface area contributed by atoms with Crippen LogP contribution in [-0.4, -0.2) is 39.2 Å². The van der Waals surface area contributed by atoms with Crippen LogP contribution in [0, 0.1) is 0 Å². The first kappa shape index (κ1) is 16.2. The third kappa shape index (κ3) is 2.90. The van der Waals surface area contributed by atoms with Crippen LogP contribution >= 0.6 is 0 Å². The van der Waals surface area contributed by atoms with Gasteiger partial charge in [-0.2, -0.15) is 0 Å². The number of H-pyrrole nitrogens is 1. The van der Waals surface area contributed by atoms with Gasteiger partial charge >= 0.3 is 6.03 Å². The molecule has 1 aromatic carbocycles. The lowest BCUT2D eigenvalue weighted by Gasteiger charge is -2.27. The number of aromatic amines is 1. The molecule has 0 bridgehead atoms. The largest absolute Gasteiger partial charge is 0.497 e. The molecule has 8 heteroatoms. The molecule has 26 heavy (non-hydrogen) atoms. The number of fused-ring (bicyclic) bond motifs is 2. The average Bonchev–Trinajstić information content (AvgIpc) is 3.14. The van der Waals surface area contributed by atoms with Gasteiger partial charge in [0, 0.05) is 30.9 Å². The number of rotatable bonds is 3. The Morgan fingerprint density at radius 3 is 3.12 bits per heavy atom. The van der Waals surface area contributed by atoms with Crippen LogP contribution in [0.1, 0.15) is 16.8 Å². The number of hydrogen-bond acceptors (Lipinski definition) is 4. The van der Waals surface area contributed by atoms with Crippen molar-refractivity contribution in [1.29, 1.82) is 0 Å². The SMILES string of the molecule is COc1cccc(CNC(=O)N2CCc3c(nc4cc[nH]n4c3=O)C2)c1. The van der Waals surface area contributed by atoms with Crippen LogP contribution in [0.15, 0.2) is 41.3 Å². The van der Waals surface area contributed by atoms with E-state index in [1.807, 2.05) is 24.3 Å². The van der Waals surface area contributed by atoms with E-state index in [4.69, 9.17) is 4.74 Å². The summed E-state index contributed by atoms with van der Waals surface area (Å²) in [7, 11) is 1.61. The van der Waals surface area contributed by atoms with Crippen LogP contribution in [0.3, 0.4) is 0 Å². The molecule has 1 aliphatic rings. The second kappa shape index (κ2) is 6.55. The zero-order valence-electron chi connectivity index (χ0n) is 14.4. The Balaban J connectivity index is 1.47. The molecule has 134 valence electrons. The van der Waals surface area contributed by atoms with Gasteiger partial charge in [0.05, 0.1) is 19.3 Å². The van der Waals surface area contributed by atoms with Gasteiger partial charge < -0.3 is 15.0 Å². The standard InChI is InChI=1S/C18H19N5O3/c1-26-13-4-2-3-12(9-13)10-19-18(25)22-8-6-14-15(11-22)21-16-5-7-20-23(16)17(14)24/h2-5,7,9,20H,6,8,10-11H2,1H3,(H,19,25). The first-order valence-electron chi connectivity index (χ1n) is 8.39. The van der Waals surface area contributed by atoms with E-state index in [-0.39, 0.29) is 11.6 Å². The number of nitrogens with one attached hydrogen (secondary N) is 2. The maximum absolute atomic E-state index is 12.5. The van der Waals surface area contributed by atoms with Crippen LogP contribution < -0.4 is 15.6 Å². The summed E-state index contributed by atoms with van der Waals surface area (Å²) in [5.41, 5.74) is 2.76. The molecule has 8 nitrogen and oxygen atoms in total. The Kier molecular flexibility index (Phi) is 4.08. The first-order chi connectivity index (χ1) is 12.7. The van der Waals surface area contributed by atoms with Crippen LogP contribution in [0.2, 0.25) is 0 Å². The number of hydrogen-bond donors (Lipinski definition) is 2. The van der Waals surface area contributed by atoms with Crippen molar-refractivity contribution in [2.45, 2.75) is 19.5 Å². The molecule has 0 spiro atoms. The lowest BCUT2D eigenvalue weighted by Crippen LogP contribution is -2.44. The first-order valence-corrected chi connectivity index (χ1v) is 8.39. The van der Waals surface area contributed by atoms with Gasteiger partial charge in [0.1, 0.15) is 5.75 Å². The minimum atomic E-state index is -0.172. The number of nitrogens with zero attached hydrogens (tertiary/aromatic N) is 3. The van der Waals surface area contributed by atoms with Crippen molar-refractivity contribution in [3.63, 3.8) is 0 Å². The zero-order valence-corrected chi connectivity index (χ0v) is 14.4. The molecule has 4 rings (SSSR count). The maximum atomic E-state index is 12.5. The van der Waals surface area contributed by atoms with Crippen molar-refractivity contribution in [2.24, 2.45) is 0 Å². The van der Waals surface area contributed by atoms with Gasteiger partial charge in [0.15, 0.2) is 5.65 Å². The van der Waals surface area contributed by atoms with Crippen LogP contribution in [-0.2, 0) is 19.5 Å². The second-order valence-electron chi connectivity index (χ2n) is 6.18. The molecule has 3 aromatic rings. The minimum Gasteiger partial charge on any atom is -0.497 e. The molecule has 3 heterocycles. The summed E-state index contributed by atoms with van der Waals surface area (Å²) in [5, 5.41) is 5.77. The van der Waals surface area contributed by atoms with Crippen LogP contribution in [0.25, 0.3) is 5.65 Å². The molecule has 0 atom stereocenters. The fraction of sp³-hybridized carbons (Fsp3) is 0.278. The summed E-state index contributed by atoms with van der Waals surface area (Å²) < 4.78 is 6.62. The predicted octanol–water partition coefficient (Wildman–Crippen LogP) is 1.30. The molecule has 0 saturated heterocycles. The molecule has 2 amide bonds. The number of ether oxygens (including phenoxy) is 1. The van der Waals surface area contributed by atoms with E-state index >= 15 is 0 Å². The van der Waals surface area contributed by atoms with Gasteiger partial charge in [-0.1, -0.05) is 12.1 Å². The molecule has 0 radical (unpaired) electrons. The number of benzene rings is 1. The van der Waals surface area contributed by atoms with E-state index in [1.165, 1.54) is 4.52 Å². The number of carbonyl (C=O) groups excluding carboxylic acids is 1. The zero-order chi connectivity index (χ0) is 18.1. The summed E-state index contributed by atoms with van der Waals surface area (Å²) >= 11 is 0. The van der Waals surface area contributed by atoms with Crippen molar-refractivity contribution in [2.75, 3.05) is 13.7 Å². The number of amides is 2. The predicted molar refractivity (Wildman–Crippen MR) is 95.2 cm³/mol. The molecule has 0 aliphatic carbocycles. The van der Waals surface area contributed by atoms with Gasteiger partial charge in [-0.05, 0) is 24.1 Å². The summed E-state index contributed by atoms with van der Waals surface area (Å²) in [6.07, 6.45) is 2.17. The van der Waals surface area contributed by atoms with E-state index in [0.29, 0.717) is 43.0 Å². The highest BCUT2D eigenvalue weighted by Crippen LogP contribution is 2.16. The molecule has 0 fully saturated rings. The Labute approximate surface area is 149 Å². The topological polar surface area (TPSA) is 91.7 Å². The summed E-state index contributed by atoms with van der Waals surface area (Å²) in [5.74, 6) is 0.754. The highest BCUT2D eigenvalue weighted by Gasteiger charge is 2.24. The number of aromatic nitrogens is 3. The van der Waals surface area contributed by atoms with Gasteiger partial charge in [0.2, 0.25) is 0 Å². The van der Waals surface area contributed by atoms with Crippen molar-refractivity contribution >= 4 is 11.7 Å². The minimum absolute atomic E-state index is 0.0913. The summed E-state index contributed by atoms with van der Waals surface area (Å²) in [4.78, 5) is 31.1. The van der Waals surface area contributed by atoms with E-state index in [9.17, 15) is 9.59 Å². The van der Waals surface area contributed by atoms with Crippen LogP contribution in [0.5, 0.6) is 5.75 Å². The molecule has 2 N–H and O–H groups in total. The Hall–Kier alpha value is -3.29. The van der Waals surface area contributed by atoms with Gasteiger partial charge in [-0.25, -0.2) is 14.3 Å². The molecular weight excluding hydrogens is 334 g/mol. The van der Waals surface area contributed by atoms with Gasteiger partial charge in [-0.3, -0.25) is 9.89 Å². The Morgan fingerprint density at radius 2 is 2.27 bits per heavy atom. The van der Waals surface area contributed by atoms with E-state index < -0.39 is 0 Å². The number of methoxy groups -OCH3 is 1. The van der Waals surface area contributed by atoms with Crippen molar-refractivity contribution < 1.29 is 9.53 Å². The summed E-state index contributed by atoms with van der Waals surface area (Å²) in [6, 6.07) is 9.13. The third-order valence-corrected chi connectivity index (χ3v) is 4.56. The van der Waals surface area contributed by atoms with Gasteiger partial charge in [0.25, 0.3) is 5.56 Å². The lowest BCUT2D eigenvalue weighted by atomic mass is 10.1. The average molecular weight is 353 g/mol. The monoisotopic (exact) mass is 353 g/mol. The third-order valence-electron chi connectivity index (χ3n) is 4.56. The lowest BCUT2D eigenvalue weighted by molar-refractivity contribution is 0.190. The number of carbonyl (C=O) groups is 1. The normalized spacial score (nSPS) is 13.5. The highest BCUT2D eigenvalue weighted by molar-refractivity contribution is 5.74.